The number of carbonyl (C=O) groups excluding carboxylic acids is 1. The maximum Gasteiger partial charge on any atom is 1.00 e. The first kappa shape index (κ1) is 15.4. The van der Waals surface area contributed by atoms with Gasteiger partial charge in [-0.15, -0.1) is 0 Å². The number of cyclic esters (lactones) is 1. The van der Waals surface area contributed by atoms with E-state index in [0.29, 0.717) is 0 Å². The Hall–Kier alpha value is -0.110. The van der Waals surface area contributed by atoms with Crippen LogP contribution in [0.4, 0.5) is 0 Å². The molecule has 1 unspecified atom stereocenters. The zero-order valence-corrected chi connectivity index (χ0v) is 8.97. The van der Waals surface area contributed by atoms with Crippen molar-refractivity contribution in [3.05, 3.63) is 11.8 Å². The van der Waals surface area contributed by atoms with Gasteiger partial charge in [-0.3, -0.25) is 0 Å². The van der Waals surface area contributed by atoms with Gasteiger partial charge in [0.05, 0.1) is 18.8 Å². The normalized spacial score (nSPS) is 22.2. The Balaban J connectivity index is 0. The fraction of sp³-hybridized carbons (Fsp3) is 0.500. The molecule has 2 atom stereocenters. The summed E-state index contributed by atoms with van der Waals surface area (Å²) in [6.07, 6.45) is -0.123. The summed E-state index contributed by atoms with van der Waals surface area (Å²) in [5.41, 5.74) is 0. The second-order valence-electron chi connectivity index (χ2n) is 2.07. The van der Waals surface area contributed by atoms with Gasteiger partial charge in [-0.2, -0.15) is 6.08 Å². The van der Waals surface area contributed by atoms with Gasteiger partial charge < -0.3 is 30.3 Å². The van der Waals surface area contributed by atoms with Crippen LogP contribution in [0.2, 0.25) is 0 Å². The van der Waals surface area contributed by atoms with Crippen molar-refractivity contribution in [2.75, 3.05) is 6.61 Å². The average Bonchev–Trinajstić information content (AvgIpc) is 2.31. The van der Waals surface area contributed by atoms with E-state index >= 15 is 0 Å². The Kier molecular flexibility index (Phi) is 7.52. The predicted octanol–water partition coefficient (Wildman–Crippen LogP) is -4.66. The molecule has 0 aromatic carbocycles. The Morgan fingerprint density at radius 1 is 1.62 bits per heavy atom. The van der Waals surface area contributed by atoms with E-state index in [0.717, 1.165) is 0 Å². The fourth-order valence-corrected chi connectivity index (χ4v) is 0.665. The second kappa shape index (κ2) is 6.36. The number of hydrogen-bond donors (Lipinski definition) is 3. The van der Waals surface area contributed by atoms with Gasteiger partial charge in [0.15, 0.2) is 0 Å². The number of ether oxygens (including phenoxy) is 1. The molecule has 0 saturated carbocycles. The van der Waals surface area contributed by atoms with E-state index in [1.54, 1.807) is 0 Å². The summed E-state index contributed by atoms with van der Waals surface area (Å²) in [6.45, 7) is -0.543. The molecule has 1 heterocycles. The summed E-state index contributed by atoms with van der Waals surface area (Å²) in [4.78, 5) is 10.4. The van der Waals surface area contributed by atoms with Crippen LogP contribution in [0.3, 0.4) is 0 Å². The molecule has 0 aliphatic carbocycles. The van der Waals surface area contributed by atoms with Crippen LogP contribution in [0.15, 0.2) is 5.76 Å². The van der Waals surface area contributed by atoms with Crippen LogP contribution in [-0.4, -0.2) is 45.6 Å². The standard InChI is InChI=1S/C6H7O5.Na.H2O/c7-2-4(9)5-1-3(8)6(10)11-5;;/h4-5,7-9H,2H2;;1H2/q-1;+1;/p-1/t4-,5?;;/m0../s1. The Bertz CT molecular complexity index is 203. The van der Waals surface area contributed by atoms with E-state index in [2.05, 4.69) is 10.8 Å². The Morgan fingerprint density at radius 3 is 2.46 bits per heavy atom. The summed E-state index contributed by atoms with van der Waals surface area (Å²) in [6, 6.07) is 0. The van der Waals surface area contributed by atoms with Crippen molar-refractivity contribution in [1.29, 1.82) is 0 Å². The van der Waals surface area contributed by atoms with Crippen molar-refractivity contribution < 1.29 is 59.9 Å². The minimum Gasteiger partial charge on any atom is -0.870 e. The molecule has 6 nitrogen and oxygen atoms in total. The molecule has 0 spiro atoms. The molecule has 7 heteroatoms. The van der Waals surface area contributed by atoms with Crippen molar-refractivity contribution in [2.45, 2.75) is 12.2 Å². The summed E-state index contributed by atoms with van der Waals surface area (Å²) in [5.74, 6) is -1.58. The molecule has 4 N–H and O–H groups in total. The zero-order chi connectivity index (χ0) is 8.43. The van der Waals surface area contributed by atoms with Crippen molar-refractivity contribution >= 4 is 5.97 Å². The van der Waals surface area contributed by atoms with Crippen LogP contribution in [0.5, 0.6) is 0 Å². The van der Waals surface area contributed by atoms with Gasteiger partial charge >= 0.3 is 29.6 Å². The van der Waals surface area contributed by atoms with E-state index in [4.69, 9.17) is 15.3 Å². The first-order valence-corrected chi connectivity index (χ1v) is 2.97. The molecule has 0 saturated heterocycles. The molecular formula is C6H8NaO6-. The van der Waals surface area contributed by atoms with Gasteiger partial charge in [-0.25, -0.2) is 0 Å². The molecule has 1 aliphatic heterocycles. The minimum atomic E-state index is -1.22. The summed E-state index contributed by atoms with van der Waals surface area (Å²) in [7, 11) is 0. The van der Waals surface area contributed by atoms with Crippen LogP contribution < -0.4 is 29.6 Å². The van der Waals surface area contributed by atoms with Gasteiger partial charge in [0, 0.05) is 5.76 Å². The molecule has 0 amide bonds. The number of aliphatic hydroxyl groups excluding tert-OH is 3. The number of aliphatic hydroxyl groups is 3. The third kappa shape index (κ3) is 3.63. The van der Waals surface area contributed by atoms with E-state index < -0.39 is 30.5 Å². The summed E-state index contributed by atoms with van der Waals surface area (Å²) < 4.78 is 4.38. The topological polar surface area (TPSA) is 117 Å². The van der Waals surface area contributed by atoms with E-state index in [9.17, 15) is 4.79 Å². The van der Waals surface area contributed by atoms with Crippen LogP contribution in [0, 0.1) is 6.08 Å². The summed E-state index contributed by atoms with van der Waals surface area (Å²) in [5, 5.41) is 25.9. The first-order chi connectivity index (χ1) is 5.15. The quantitative estimate of drug-likeness (QED) is 0.234. The van der Waals surface area contributed by atoms with Gasteiger partial charge in [0.1, 0.15) is 0 Å². The van der Waals surface area contributed by atoms with Crippen molar-refractivity contribution in [1.82, 2.24) is 0 Å². The molecule has 70 valence electrons. The smallest absolute Gasteiger partial charge is 0.870 e. The Labute approximate surface area is 96.4 Å². The van der Waals surface area contributed by atoms with Crippen molar-refractivity contribution in [3.63, 3.8) is 0 Å². The minimum absolute atomic E-state index is 0. The van der Waals surface area contributed by atoms with E-state index in [1.165, 1.54) is 0 Å². The van der Waals surface area contributed by atoms with Gasteiger partial charge in [0.25, 0.3) is 0 Å². The molecule has 1 aliphatic rings. The SMILES string of the molecule is O=C1OC([C@@H](O)CO)[C-]=C1O.[Na+].[OH-]. The molecular weight excluding hydrogens is 191 g/mol. The van der Waals surface area contributed by atoms with Gasteiger partial charge in [-0.1, -0.05) is 0 Å². The maximum absolute atomic E-state index is 10.4. The van der Waals surface area contributed by atoms with E-state index in [-0.39, 0.29) is 35.0 Å². The van der Waals surface area contributed by atoms with Crippen LogP contribution in [0.25, 0.3) is 0 Å². The summed E-state index contributed by atoms with van der Waals surface area (Å²) >= 11 is 0. The first-order valence-electron chi connectivity index (χ1n) is 2.97. The number of carbonyl (C=O) groups is 1. The van der Waals surface area contributed by atoms with Crippen LogP contribution >= 0.6 is 0 Å². The van der Waals surface area contributed by atoms with Gasteiger partial charge in [-0.05, 0) is 0 Å². The number of esters is 1. The fourth-order valence-electron chi connectivity index (χ4n) is 0.665. The largest absolute Gasteiger partial charge is 1.00 e. The predicted molar refractivity (Wildman–Crippen MR) is 34.3 cm³/mol. The zero-order valence-electron chi connectivity index (χ0n) is 6.97. The molecule has 0 bridgehead atoms. The molecule has 0 radical (unpaired) electrons. The van der Waals surface area contributed by atoms with Crippen molar-refractivity contribution in [2.24, 2.45) is 0 Å². The molecule has 0 aromatic rings. The average molecular weight is 199 g/mol. The number of hydrogen-bond acceptors (Lipinski definition) is 6. The third-order valence-electron chi connectivity index (χ3n) is 1.24. The van der Waals surface area contributed by atoms with Crippen LogP contribution in [-0.2, 0) is 9.53 Å². The number of rotatable bonds is 2. The van der Waals surface area contributed by atoms with Crippen molar-refractivity contribution in [3.8, 4) is 0 Å². The molecule has 1 rings (SSSR count). The third-order valence-corrected chi connectivity index (χ3v) is 1.24. The van der Waals surface area contributed by atoms with E-state index in [1.807, 2.05) is 0 Å². The maximum atomic E-state index is 10.4. The molecule has 0 fully saturated rings. The molecule has 13 heavy (non-hydrogen) atoms. The van der Waals surface area contributed by atoms with Crippen LogP contribution in [0.1, 0.15) is 0 Å². The molecule has 0 aromatic heterocycles. The Morgan fingerprint density at radius 2 is 2.15 bits per heavy atom. The monoisotopic (exact) mass is 199 g/mol. The second-order valence-corrected chi connectivity index (χ2v) is 2.07. The van der Waals surface area contributed by atoms with Gasteiger partial charge in [0.2, 0.25) is 5.97 Å².